The summed E-state index contributed by atoms with van der Waals surface area (Å²) in [5.41, 5.74) is 3.40. The molecule has 0 fully saturated rings. The smallest absolute Gasteiger partial charge is 0.194 e. The predicted octanol–water partition coefficient (Wildman–Crippen LogP) is 3.04. The highest BCUT2D eigenvalue weighted by atomic mass is 127. The van der Waals surface area contributed by atoms with Crippen molar-refractivity contribution in [1.29, 1.82) is 0 Å². The fourth-order valence-corrected chi connectivity index (χ4v) is 2.75. The second-order valence-corrected chi connectivity index (χ2v) is 6.00. The lowest BCUT2D eigenvalue weighted by Gasteiger charge is -2.21. The SMILES string of the molecule is CN=C(NCc1cccn1C)N(C)Cc1cnn(-c2ccccc2)c1.I. The minimum Gasteiger partial charge on any atom is -0.353 e. The van der Waals surface area contributed by atoms with Crippen LogP contribution in [0.15, 0.2) is 66.0 Å². The van der Waals surface area contributed by atoms with E-state index in [2.05, 4.69) is 37.1 Å². The van der Waals surface area contributed by atoms with Crippen LogP contribution in [0.3, 0.4) is 0 Å². The molecular weight excluding hydrogens is 439 g/mol. The molecule has 6 nitrogen and oxygen atoms in total. The Morgan fingerprint density at radius 3 is 2.62 bits per heavy atom. The summed E-state index contributed by atoms with van der Waals surface area (Å²) in [4.78, 5) is 6.47. The number of hydrogen-bond acceptors (Lipinski definition) is 2. The maximum Gasteiger partial charge on any atom is 0.194 e. The van der Waals surface area contributed by atoms with E-state index in [0.717, 1.165) is 30.3 Å². The predicted molar refractivity (Wildman–Crippen MR) is 116 cm³/mol. The van der Waals surface area contributed by atoms with Crippen LogP contribution in [0.25, 0.3) is 5.69 Å². The first-order valence-corrected chi connectivity index (χ1v) is 8.28. The van der Waals surface area contributed by atoms with Gasteiger partial charge in [0.05, 0.1) is 18.4 Å². The molecule has 0 unspecified atom stereocenters. The molecular formula is C19H25IN6. The van der Waals surface area contributed by atoms with Crippen molar-refractivity contribution >= 4 is 29.9 Å². The Bertz CT molecular complexity index is 837. The highest BCUT2D eigenvalue weighted by Crippen LogP contribution is 2.09. The fourth-order valence-electron chi connectivity index (χ4n) is 2.75. The van der Waals surface area contributed by atoms with Gasteiger partial charge < -0.3 is 14.8 Å². The second kappa shape index (κ2) is 9.42. The number of benzene rings is 1. The number of rotatable bonds is 5. The average molecular weight is 464 g/mol. The number of aliphatic imine (C=N–C) groups is 1. The number of hydrogen-bond donors (Lipinski definition) is 1. The molecule has 0 atom stereocenters. The van der Waals surface area contributed by atoms with Crippen molar-refractivity contribution in [2.45, 2.75) is 13.1 Å². The Morgan fingerprint density at radius 1 is 1.19 bits per heavy atom. The summed E-state index contributed by atoms with van der Waals surface area (Å²) in [6.45, 7) is 1.48. The molecule has 26 heavy (non-hydrogen) atoms. The molecule has 0 aliphatic carbocycles. The van der Waals surface area contributed by atoms with E-state index >= 15 is 0 Å². The first-order valence-electron chi connectivity index (χ1n) is 8.28. The van der Waals surface area contributed by atoms with E-state index in [1.165, 1.54) is 5.69 Å². The number of nitrogens with zero attached hydrogens (tertiary/aromatic N) is 5. The highest BCUT2D eigenvalue weighted by molar-refractivity contribution is 14.0. The summed E-state index contributed by atoms with van der Waals surface area (Å²) in [5, 5.41) is 7.85. The lowest BCUT2D eigenvalue weighted by molar-refractivity contribution is 0.475. The number of para-hydroxylation sites is 1. The third-order valence-electron chi connectivity index (χ3n) is 4.13. The number of halogens is 1. The minimum absolute atomic E-state index is 0. The standard InChI is InChI=1S/C19H24N6.HI/c1-20-19(21-13-18-10-7-11-23(18)2)24(3)14-16-12-22-25(15-16)17-8-5-4-6-9-17;/h4-12,15H,13-14H2,1-3H3,(H,20,21);1H. The molecule has 3 aromatic rings. The summed E-state index contributed by atoms with van der Waals surface area (Å²) < 4.78 is 3.99. The zero-order valence-electron chi connectivity index (χ0n) is 15.3. The van der Waals surface area contributed by atoms with Crippen molar-refractivity contribution in [2.75, 3.05) is 14.1 Å². The molecule has 1 N–H and O–H groups in total. The molecule has 0 radical (unpaired) electrons. The van der Waals surface area contributed by atoms with Crippen molar-refractivity contribution in [1.82, 2.24) is 24.6 Å². The molecule has 1 aromatic carbocycles. The van der Waals surface area contributed by atoms with Gasteiger partial charge in [0.1, 0.15) is 0 Å². The van der Waals surface area contributed by atoms with E-state index in [9.17, 15) is 0 Å². The van der Waals surface area contributed by atoms with Gasteiger partial charge in [-0.05, 0) is 24.3 Å². The van der Waals surface area contributed by atoms with Crippen molar-refractivity contribution in [3.63, 3.8) is 0 Å². The van der Waals surface area contributed by atoms with Crippen molar-refractivity contribution in [3.8, 4) is 5.69 Å². The normalized spacial score (nSPS) is 11.1. The molecule has 0 aliphatic rings. The zero-order valence-corrected chi connectivity index (χ0v) is 17.7. The number of aryl methyl sites for hydroxylation is 1. The highest BCUT2D eigenvalue weighted by Gasteiger charge is 2.09. The van der Waals surface area contributed by atoms with Crippen LogP contribution in [0.5, 0.6) is 0 Å². The van der Waals surface area contributed by atoms with Crippen LogP contribution in [0.2, 0.25) is 0 Å². The van der Waals surface area contributed by atoms with Gasteiger partial charge in [-0.2, -0.15) is 5.10 Å². The van der Waals surface area contributed by atoms with Gasteiger partial charge in [-0.25, -0.2) is 4.68 Å². The lowest BCUT2D eigenvalue weighted by atomic mass is 10.3. The molecule has 138 valence electrons. The average Bonchev–Trinajstić information content (AvgIpc) is 3.25. The van der Waals surface area contributed by atoms with E-state index in [-0.39, 0.29) is 24.0 Å². The number of nitrogens with one attached hydrogen (secondary N) is 1. The van der Waals surface area contributed by atoms with E-state index in [1.807, 2.05) is 67.6 Å². The van der Waals surface area contributed by atoms with E-state index in [4.69, 9.17) is 0 Å². The van der Waals surface area contributed by atoms with Crippen LogP contribution in [0, 0.1) is 0 Å². The Kier molecular flexibility index (Phi) is 7.26. The fraction of sp³-hybridized carbons (Fsp3) is 0.263. The summed E-state index contributed by atoms with van der Waals surface area (Å²) in [6.07, 6.45) is 5.99. The molecule has 0 aliphatic heterocycles. The van der Waals surface area contributed by atoms with Gasteiger partial charge in [-0.1, -0.05) is 18.2 Å². The van der Waals surface area contributed by atoms with Crippen molar-refractivity contribution < 1.29 is 0 Å². The topological polar surface area (TPSA) is 50.4 Å². The monoisotopic (exact) mass is 464 g/mol. The van der Waals surface area contributed by atoms with Crippen molar-refractivity contribution in [3.05, 3.63) is 72.3 Å². The largest absolute Gasteiger partial charge is 0.353 e. The van der Waals surface area contributed by atoms with Crippen LogP contribution in [0.1, 0.15) is 11.3 Å². The summed E-state index contributed by atoms with van der Waals surface area (Å²) in [6, 6.07) is 14.3. The molecule has 0 bridgehead atoms. The van der Waals surface area contributed by atoms with Crippen LogP contribution in [-0.4, -0.2) is 39.3 Å². The van der Waals surface area contributed by atoms with E-state index in [0.29, 0.717) is 0 Å². The molecule has 0 amide bonds. The second-order valence-electron chi connectivity index (χ2n) is 6.00. The van der Waals surface area contributed by atoms with Gasteiger partial charge in [0.25, 0.3) is 0 Å². The first kappa shape index (κ1) is 20.0. The Morgan fingerprint density at radius 2 is 1.96 bits per heavy atom. The Labute approximate surface area is 171 Å². The molecule has 0 saturated heterocycles. The van der Waals surface area contributed by atoms with Crippen molar-refractivity contribution in [2.24, 2.45) is 12.0 Å². The zero-order chi connectivity index (χ0) is 17.6. The first-order chi connectivity index (χ1) is 12.2. The van der Waals surface area contributed by atoms with Gasteiger partial charge in [0.15, 0.2) is 5.96 Å². The van der Waals surface area contributed by atoms with Crippen LogP contribution < -0.4 is 5.32 Å². The Balaban J connectivity index is 0.00000243. The third-order valence-corrected chi connectivity index (χ3v) is 4.13. The number of aromatic nitrogens is 3. The lowest BCUT2D eigenvalue weighted by Crippen LogP contribution is -2.38. The molecule has 3 rings (SSSR count). The van der Waals surface area contributed by atoms with Crippen LogP contribution >= 0.6 is 24.0 Å². The molecule has 0 saturated carbocycles. The molecule has 0 spiro atoms. The summed E-state index contributed by atoms with van der Waals surface area (Å²) in [7, 11) is 5.87. The Hall–Kier alpha value is -2.29. The third kappa shape index (κ3) is 4.87. The van der Waals surface area contributed by atoms with Crippen LogP contribution in [0.4, 0.5) is 0 Å². The van der Waals surface area contributed by atoms with Crippen LogP contribution in [-0.2, 0) is 20.1 Å². The van der Waals surface area contributed by atoms with E-state index in [1.54, 1.807) is 7.05 Å². The molecule has 2 heterocycles. The van der Waals surface area contributed by atoms with Gasteiger partial charge in [-0.3, -0.25) is 4.99 Å². The maximum atomic E-state index is 4.45. The maximum absolute atomic E-state index is 4.45. The number of guanidine groups is 1. The van der Waals surface area contributed by atoms with Gasteiger partial charge in [0.2, 0.25) is 0 Å². The summed E-state index contributed by atoms with van der Waals surface area (Å²) in [5.74, 6) is 0.855. The van der Waals surface area contributed by atoms with Gasteiger partial charge in [0, 0.05) is 51.3 Å². The minimum atomic E-state index is 0. The van der Waals surface area contributed by atoms with Gasteiger partial charge in [-0.15, -0.1) is 24.0 Å². The molecule has 7 heteroatoms. The summed E-state index contributed by atoms with van der Waals surface area (Å²) >= 11 is 0. The molecule has 2 aromatic heterocycles. The van der Waals surface area contributed by atoms with Gasteiger partial charge >= 0.3 is 0 Å². The van der Waals surface area contributed by atoms with E-state index < -0.39 is 0 Å². The quantitative estimate of drug-likeness (QED) is 0.359.